The maximum Gasteiger partial charge on any atom is 0.289 e. The van der Waals surface area contributed by atoms with E-state index in [0.717, 1.165) is 36.3 Å². The number of halogens is 1. The molecule has 2 aromatic rings. The van der Waals surface area contributed by atoms with E-state index >= 15 is 0 Å². The number of anilines is 2. The number of carbonyl (C=O) groups excluding carboxylic acids is 2. The Balaban J connectivity index is 0.00000240. The van der Waals surface area contributed by atoms with Crippen LogP contribution in [0.3, 0.4) is 0 Å². The molecule has 2 aliphatic heterocycles. The minimum absolute atomic E-state index is 0. The monoisotopic (exact) mass is 418 g/mol. The number of rotatable bonds is 3. The van der Waals surface area contributed by atoms with E-state index < -0.39 is 0 Å². The smallest absolute Gasteiger partial charge is 0.289 e. The number of hydrogen-bond acceptors (Lipinski definition) is 5. The van der Waals surface area contributed by atoms with Crippen LogP contribution in [0.1, 0.15) is 29.5 Å². The quantitative estimate of drug-likeness (QED) is 0.774. The predicted molar refractivity (Wildman–Crippen MR) is 114 cm³/mol. The highest BCUT2D eigenvalue weighted by atomic mass is 35.5. The Bertz CT molecular complexity index is 863. The highest BCUT2D eigenvalue weighted by Gasteiger charge is 2.32. The van der Waals surface area contributed by atoms with Gasteiger partial charge in [0.05, 0.1) is 6.26 Å². The van der Waals surface area contributed by atoms with Crippen molar-refractivity contribution in [3.63, 3.8) is 0 Å². The zero-order valence-electron chi connectivity index (χ0n) is 16.5. The van der Waals surface area contributed by atoms with Crippen molar-refractivity contribution < 1.29 is 14.0 Å². The lowest BCUT2D eigenvalue weighted by Crippen LogP contribution is -2.55. The summed E-state index contributed by atoms with van der Waals surface area (Å²) in [6.45, 7) is 4.91. The third-order valence-corrected chi connectivity index (χ3v) is 5.76. The van der Waals surface area contributed by atoms with Gasteiger partial charge in [0.15, 0.2) is 5.76 Å². The molecule has 8 heteroatoms. The molecule has 1 aromatic carbocycles. The summed E-state index contributed by atoms with van der Waals surface area (Å²) in [4.78, 5) is 31.3. The van der Waals surface area contributed by atoms with Gasteiger partial charge in [0.25, 0.3) is 5.91 Å². The van der Waals surface area contributed by atoms with Gasteiger partial charge in [0.2, 0.25) is 5.91 Å². The number of nitrogens with zero attached hydrogens (tertiary/aromatic N) is 3. The van der Waals surface area contributed by atoms with Crippen molar-refractivity contribution >= 4 is 35.6 Å². The second kappa shape index (κ2) is 8.78. The summed E-state index contributed by atoms with van der Waals surface area (Å²) in [6.07, 6.45) is 3.44. The number of fused-ring (bicyclic) bond motifs is 1. The molecular formula is C21H27ClN4O3. The van der Waals surface area contributed by atoms with Gasteiger partial charge in [-0.25, -0.2) is 0 Å². The molecule has 1 unspecified atom stereocenters. The topological polar surface area (TPSA) is 83.0 Å². The summed E-state index contributed by atoms with van der Waals surface area (Å²) in [5.41, 5.74) is 9.15. The number of amides is 2. The van der Waals surface area contributed by atoms with E-state index in [9.17, 15) is 9.59 Å². The largest absolute Gasteiger partial charge is 0.459 e. The number of nitrogen functional groups attached to an aromatic ring is 1. The number of nitrogens with two attached hydrogens (primary N) is 1. The standard InChI is InChI=1S/C21H26N4O3.ClH/c1-15(25-9-3-5-16-17(22)6-2-7-18(16)25)20(26)23-10-12-24(13-11-23)21(27)19-8-4-14-28-19;/h2,4,6-8,14-15H,3,5,9-13,22H2,1H3;1H. The second-order valence-electron chi connectivity index (χ2n) is 7.41. The van der Waals surface area contributed by atoms with E-state index in [4.69, 9.17) is 10.2 Å². The molecule has 1 aromatic heterocycles. The zero-order chi connectivity index (χ0) is 19.7. The summed E-state index contributed by atoms with van der Waals surface area (Å²) < 4.78 is 5.19. The van der Waals surface area contributed by atoms with Gasteiger partial charge in [-0.1, -0.05) is 6.07 Å². The van der Waals surface area contributed by atoms with E-state index in [-0.39, 0.29) is 30.3 Å². The van der Waals surface area contributed by atoms with Crippen molar-refractivity contribution in [2.24, 2.45) is 0 Å². The Hall–Kier alpha value is -2.67. The van der Waals surface area contributed by atoms with Crippen LogP contribution in [0.25, 0.3) is 0 Å². The average molecular weight is 419 g/mol. The first-order valence-electron chi connectivity index (χ1n) is 9.82. The van der Waals surface area contributed by atoms with Gasteiger partial charge < -0.3 is 24.9 Å². The Kier molecular flexibility index (Phi) is 6.37. The molecule has 1 fully saturated rings. The van der Waals surface area contributed by atoms with Gasteiger partial charge in [0.1, 0.15) is 6.04 Å². The summed E-state index contributed by atoms with van der Waals surface area (Å²) in [7, 11) is 0. The fourth-order valence-corrected chi connectivity index (χ4v) is 4.17. The van der Waals surface area contributed by atoms with Crippen LogP contribution in [-0.4, -0.2) is 60.4 Å². The number of piperazine rings is 1. The minimum atomic E-state index is -0.256. The molecular weight excluding hydrogens is 392 g/mol. The van der Waals surface area contributed by atoms with Gasteiger partial charge in [-0.15, -0.1) is 12.4 Å². The summed E-state index contributed by atoms with van der Waals surface area (Å²) in [6, 6.07) is 9.04. The first kappa shape index (κ1) is 21.0. The molecule has 0 aliphatic carbocycles. The Morgan fingerprint density at radius 1 is 1.03 bits per heavy atom. The third-order valence-electron chi connectivity index (χ3n) is 5.76. The first-order chi connectivity index (χ1) is 13.6. The van der Waals surface area contributed by atoms with Crippen LogP contribution in [0.4, 0.5) is 11.4 Å². The molecule has 0 spiro atoms. The molecule has 2 aliphatic rings. The van der Waals surface area contributed by atoms with Crippen LogP contribution in [-0.2, 0) is 11.2 Å². The fraction of sp³-hybridized carbons (Fsp3) is 0.429. The predicted octanol–water partition coefficient (Wildman–Crippen LogP) is 2.41. The summed E-state index contributed by atoms with van der Waals surface area (Å²) >= 11 is 0. The molecule has 2 amide bonds. The van der Waals surface area contributed by atoms with Crippen molar-refractivity contribution in [2.75, 3.05) is 43.4 Å². The molecule has 1 atom stereocenters. The normalized spacial score (nSPS) is 17.3. The molecule has 7 nitrogen and oxygen atoms in total. The van der Waals surface area contributed by atoms with E-state index in [1.165, 1.54) is 6.26 Å². The number of carbonyl (C=O) groups is 2. The van der Waals surface area contributed by atoms with Gasteiger partial charge in [-0.2, -0.15) is 0 Å². The molecule has 29 heavy (non-hydrogen) atoms. The molecule has 0 saturated carbocycles. The van der Waals surface area contributed by atoms with Gasteiger partial charge in [-0.3, -0.25) is 9.59 Å². The number of benzene rings is 1. The molecule has 4 rings (SSSR count). The summed E-state index contributed by atoms with van der Waals surface area (Å²) in [5.74, 6) is 0.321. The Labute approximate surface area is 176 Å². The summed E-state index contributed by atoms with van der Waals surface area (Å²) in [5, 5.41) is 0. The molecule has 156 valence electrons. The van der Waals surface area contributed by atoms with Crippen LogP contribution in [0.5, 0.6) is 0 Å². The van der Waals surface area contributed by atoms with Gasteiger partial charge in [0, 0.05) is 44.1 Å². The van der Waals surface area contributed by atoms with Gasteiger partial charge >= 0.3 is 0 Å². The molecule has 2 N–H and O–H groups in total. The lowest BCUT2D eigenvalue weighted by molar-refractivity contribution is -0.133. The van der Waals surface area contributed by atoms with Gasteiger partial charge in [-0.05, 0) is 49.6 Å². The van der Waals surface area contributed by atoms with Crippen LogP contribution in [0, 0.1) is 0 Å². The Morgan fingerprint density at radius 3 is 2.45 bits per heavy atom. The first-order valence-corrected chi connectivity index (χ1v) is 9.82. The van der Waals surface area contributed by atoms with Crippen molar-refractivity contribution in [3.05, 3.63) is 47.9 Å². The van der Waals surface area contributed by atoms with Crippen molar-refractivity contribution in [1.29, 1.82) is 0 Å². The fourth-order valence-electron chi connectivity index (χ4n) is 4.17. The second-order valence-corrected chi connectivity index (χ2v) is 7.41. The van der Waals surface area contributed by atoms with Crippen molar-refractivity contribution in [2.45, 2.75) is 25.8 Å². The zero-order valence-corrected chi connectivity index (χ0v) is 17.4. The molecule has 0 bridgehead atoms. The molecule has 0 radical (unpaired) electrons. The highest BCUT2D eigenvalue weighted by molar-refractivity contribution is 5.92. The Morgan fingerprint density at radius 2 is 1.76 bits per heavy atom. The maximum atomic E-state index is 13.1. The lowest BCUT2D eigenvalue weighted by atomic mass is 9.98. The van der Waals surface area contributed by atoms with Crippen molar-refractivity contribution in [1.82, 2.24) is 9.80 Å². The number of furan rings is 1. The lowest BCUT2D eigenvalue weighted by Gasteiger charge is -2.40. The average Bonchev–Trinajstić information content (AvgIpc) is 3.27. The highest BCUT2D eigenvalue weighted by Crippen LogP contribution is 2.32. The van der Waals surface area contributed by atoms with Crippen LogP contribution >= 0.6 is 12.4 Å². The van der Waals surface area contributed by atoms with Crippen LogP contribution in [0.15, 0.2) is 41.0 Å². The SMILES string of the molecule is CC(C(=O)N1CCN(C(=O)c2ccco2)CC1)N1CCCc2c(N)cccc21.Cl. The maximum absolute atomic E-state index is 13.1. The van der Waals surface area contributed by atoms with Crippen LogP contribution < -0.4 is 10.6 Å². The minimum Gasteiger partial charge on any atom is -0.459 e. The van der Waals surface area contributed by atoms with Crippen molar-refractivity contribution in [3.8, 4) is 0 Å². The third kappa shape index (κ3) is 4.05. The number of hydrogen-bond donors (Lipinski definition) is 1. The molecule has 1 saturated heterocycles. The van der Waals surface area contributed by atoms with E-state index in [1.807, 2.05) is 24.0 Å². The van der Waals surface area contributed by atoms with E-state index in [1.54, 1.807) is 17.0 Å². The van der Waals surface area contributed by atoms with E-state index in [2.05, 4.69) is 11.0 Å². The van der Waals surface area contributed by atoms with E-state index in [0.29, 0.717) is 31.9 Å². The van der Waals surface area contributed by atoms with Crippen LogP contribution in [0.2, 0.25) is 0 Å². The molecule has 3 heterocycles.